The molecule has 0 atom stereocenters. The van der Waals surface area contributed by atoms with Gasteiger partial charge in [0.2, 0.25) is 0 Å². The molecule has 7 nitrogen and oxygen atoms in total. The number of carboxylic acids is 1. The highest BCUT2D eigenvalue weighted by atomic mass is 19.4. The van der Waals surface area contributed by atoms with E-state index in [1.165, 1.54) is 41.2 Å². The number of aliphatic carboxylic acids is 1. The van der Waals surface area contributed by atoms with Gasteiger partial charge < -0.3 is 15.3 Å². The summed E-state index contributed by atoms with van der Waals surface area (Å²) in [5, 5.41) is 15.0. The Balaban J connectivity index is 2.07. The molecule has 1 aromatic heterocycles. The average molecular weight is 356 g/mol. The van der Waals surface area contributed by atoms with E-state index in [1.807, 2.05) is 0 Å². The Morgan fingerprint density at radius 3 is 2.72 bits per heavy atom. The Morgan fingerprint density at radius 1 is 1.36 bits per heavy atom. The fraction of sp³-hybridized carbons (Fsp3) is 0.267. The summed E-state index contributed by atoms with van der Waals surface area (Å²) in [6.07, 6.45) is -2.03. The van der Waals surface area contributed by atoms with E-state index in [1.54, 1.807) is 0 Å². The second-order valence-corrected chi connectivity index (χ2v) is 5.22. The largest absolute Gasteiger partial charge is 0.481 e. The van der Waals surface area contributed by atoms with E-state index >= 15 is 0 Å². The predicted octanol–water partition coefficient (Wildman–Crippen LogP) is 2.83. The number of hydrogen-bond donors (Lipinski definition) is 2. The summed E-state index contributed by atoms with van der Waals surface area (Å²) in [6, 6.07) is 4.06. The lowest BCUT2D eigenvalue weighted by Gasteiger charge is -2.15. The normalized spacial score (nSPS) is 11.2. The number of carbonyl (C=O) groups excluding carboxylic acids is 1. The van der Waals surface area contributed by atoms with Crippen LogP contribution in [0.5, 0.6) is 0 Å². The van der Waals surface area contributed by atoms with Crippen molar-refractivity contribution in [3.05, 3.63) is 42.2 Å². The van der Waals surface area contributed by atoms with E-state index < -0.39 is 23.7 Å². The molecule has 2 rings (SSSR count). The molecule has 25 heavy (non-hydrogen) atoms. The van der Waals surface area contributed by atoms with Crippen LogP contribution in [0.1, 0.15) is 12.0 Å². The van der Waals surface area contributed by atoms with Crippen molar-refractivity contribution in [3.8, 4) is 5.69 Å². The van der Waals surface area contributed by atoms with Crippen LogP contribution in [0.3, 0.4) is 0 Å². The van der Waals surface area contributed by atoms with Crippen LogP contribution >= 0.6 is 0 Å². The molecule has 1 aromatic carbocycles. The number of carbonyl (C=O) groups is 2. The van der Waals surface area contributed by atoms with Gasteiger partial charge in [-0.05, 0) is 18.2 Å². The molecule has 10 heteroatoms. The number of rotatable bonds is 5. The van der Waals surface area contributed by atoms with Gasteiger partial charge in [0.05, 0.1) is 35.8 Å². The summed E-state index contributed by atoms with van der Waals surface area (Å²) in [5.74, 6) is -1.03. The topological polar surface area (TPSA) is 87.5 Å². The van der Waals surface area contributed by atoms with Crippen molar-refractivity contribution in [2.24, 2.45) is 0 Å². The molecule has 0 aliphatic rings. The van der Waals surface area contributed by atoms with Crippen LogP contribution in [0, 0.1) is 0 Å². The smallest absolute Gasteiger partial charge is 0.416 e. The highest BCUT2D eigenvalue weighted by Crippen LogP contribution is 2.30. The minimum atomic E-state index is -4.47. The highest BCUT2D eigenvalue weighted by molar-refractivity contribution is 5.89. The Bertz CT molecular complexity index is 773. The molecule has 2 N–H and O–H groups in total. The third-order valence-corrected chi connectivity index (χ3v) is 3.28. The lowest BCUT2D eigenvalue weighted by atomic mass is 10.2. The van der Waals surface area contributed by atoms with Crippen LogP contribution in [-0.2, 0) is 11.0 Å². The molecular weight excluding hydrogens is 341 g/mol. The maximum absolute atomic E-state index is 12.7. The number of alkyl halides is 3. The molecule has 0 spiro atoms. The standard InChI is InChI=1S/C15H15F3N4O3/c1-21(6-5-13(23)24)14(25)20-11-8-19-22(9-11)12-4-2-3-10(7-12)15(16,17)18/h2-4,7-9H,5-6H2,1H3,(H,20,25)(H,23,24). The van der Waals surface area contributed by atoms with Crippen LogP contribution in [0.25, 0.3) is 5.69 Å². The van der Waals surface area contributed by atoms with Crippen molar-refractivity contribution in [2.75, 3.05) is 18.9 Å². The Hall–Kier alpha value is -3.04. The summed E-state index contributed by atoms with van der Waals surface area (Å²) in [4.78, 5) is 23.6. The van der Waals surface area contributed by atoms with Gasteiger partial charge >= 0.3 is 18.2 Å². The monoisotopic (exact) mass is 356 g/mol. The zero-order valence-electron chi connectivity index (χ0n) is 13.1. The number of amides is 2. The zero-order valence-corrected chi connectivity index (χ0v) is 13.1. The molecule has 0 saturated carbocycles. The predicted molar refractivity (Wildman–Crippen MR) is 82.5 cm³/mol. The van der Waals surface area contributed by atoms with E-state index in [0.717, 1.165) is 12.1 Å². The van der Waals surface area contributed by atoms with Crippen LogP contribution in [-0.4, -0.2) is 45.4 Å². The van der Waals surface area contributed by atoms with Gasteiger partial charge in [-0.25, -0.2) is 9.48 Å². The van der Waals surface area contributed by atoms with Crippen molar-refractivity contribution < 1.29 is 27.9 Å². The maximum atomic E-state index is 12.7. The Labute approximate surface area is 140 Å². The summed E-state index contributed by atoms with van der Waals surface area (Å²) in [6.45, 7) is 0.0168. The van der Waals surface area contributed by atoms with Gasteiger partial charge in [-0.15, -0.1) is 0 Å². The Morgan fingerprint density at radius 2 is 2.08 bits per heavy atom. The van der Waals surface area contributed by atoms with E-state index in [9.17, 15) is 22.8 Å². The minimum absolute atomic E-state index is 0.0168. The van der Waals surface area contributed by atoms with Gasteiger partial charge in [0, 0.05) is 13.6 Å². The molecule has 2 amide bonds. The number of anilines is 1. The SMILES string of the molecule is CN(CCC(=O)O)C(=O)Nc1cnn(-c2cccc(C(F)(F)F)c2)c1. The van der Waals surface area contributed by atoms with Gasteiger partial charge in [-0.2, -0.15) is 18.3 Å². The highest BCUT2D eigenvalue weighted by Gasteiger charge is 2.30. The van der Waals surface area contributed by atoms with Crippen LogP contribution in [0.4, 0.5) is 23.7 Å². The van der Waals surface area contributed by atoms with Crippen LogP contribution in [0.2, 0.25) is 0 Å². The van der Waals surface area contributed by atoms with E-state index in [4.69, 9.17) is 5.11 Å². The third-order valence-electron chi connectivity index (χ3n) is 3.28. The first kappa shape index (κ1) is 18.3. The van der Waals surface area contributed by atoms with Crippen molar-refractivity contribution in [2.45, 2.75) is 12.6 Å². The van der Waals surface area contributed by atoms with Crippen LogP contribution < -0.4 is 5.32 Å². The van der Waals surface area contributed by atoms with Gasteiger partial charge in [-0.3, -0.25) is 4.79 Å². The number of nitrogens with one attached hydrogen (secondary N) is 1. The number of halogens is 3. The number of urea groups is 1. The van der Waals surface area contributed by atoms with E-state index in [0.29, 0.717) is 0 Å². The molecule has 0 saturated heterocycles. The van der Waals surface area contributed by atoms with Crippen molar-refractivity contribution in [1.29, 1.82) is 0 Å². The van der Waals surface area contributed by atoms with E-state index in [2.05, 4.69) is 10.4 Å². The summed E-state index contributed by atoms with van der Waals surface area (Å²) in [7, 11) is 1.43. The lowest BCUT2D eigenvalue weighted by molar-refractivity contribution is -0.138. The fourth-order valence-corrected chi connectivity index (χ4v) is 1.94. The first-order chi connectivity index (χ1) is 11.7. The number of benzene rings is 1. The van der Waals surface area contributed by atoms with Gasteiger partial charge in [0.15, 0.2) is 0 Å². The molecule has 0 aliphatic heterocycles. The fourth-order valence-electron chi connectivity index (χ4n) is 1.94. The van der Waals surface area contributed by atoms with Crippen molar-refractivity contribution in [1.82, 2.24) is 14.7 Å². The molecule has 2 aromatic rings. The number of nitrogens with zero attached hydrogens (tertiary/aromatic N) is 3. The lowest BCUT2D eigenvalue weighted by Crippen LogP contribution is -2.32. The van der Waals surface area contributed by atoms with E-state index in [-0.39, 0.29) is 24.3 Å². The molecule has 0 bridgehead atoms. The van der Waals surface area contributed by atoms with Crippen LogP contribution in [0.15, 0.2) is 36.7 Å². The second kappa shape index (κ2) is 7.24. The average Bonchev–Trinajstić information content (AvgIpc) is 3.00. The molecule has 0 unspecified atom stereocenters. The summed E-state index contributed by atoms with van der Waals surface area (Å²) < 4.78 is 39.4. The second-order valence-electron chi connectivity index (χ2n) is 5.22. The number of aromatic nitrogens is 2. The minimum Gasteiger partial charge on any atom is -0.481 e. The molecular formula is C15H15F3N4O3. The third kappa shape index (κ3) is 4.96. The molecule has 1 heterocycles. The van der Waals surface area contributed by atoms with Gasteiger partial charge in [-0.1, -0.05) is 6.07 Å². The molecule has 0 fully saturated rings. The van der Waals surface area contributed by atoms with Gasteiger partial charge in [0.1, 0.15) is 0 Å². The van der Waals surface area contributed by atoms with Gasteiger partial charge in [0.25, 0.3) is 0 Å². The first-order valence-corrected chi connectivity index (χ1v) is 7.13. The molecule has 0 aliphatic carbocycles. The number of hydrogen-bond acceptors (Lipinski definition) is 3. The Kier molecular flexibility index (Phi) is 5.30. The summed E-state index contributed by atoms with van der Waals surface area (Å²) in [5.41, 5.74) is -0.348. The molecule has 0 radical (unpaired) electrons. The van der Waals surface area contributed by atoms with Crippen molar-refractivity contribution >= 4 is 17.7 Å². The van der Waals surface area contributed by atoms with Crippen molar-refractivity contribution in [3.63, 3.8) is 0 Å². The molecule has 134 valence electrons. The maximum Gasteiger partial charge on any atom is 0.416 e. The zero-order chi connectivity index (χ0) is 18.6. The quantitative estimate of drug-likeness (QED) is 0.862. The summed E-state index contributed by atoms with van der Waals surface area (Å²) >= 11 is 0. The number of carboxylic acid groups (broad SMARTS) is 1. The first-order valence-electron chi connectivity index (χ1n) is 7.13.